The first-order valence-corrected chi connectivity index (χ1v) is 7.64. The molecule has 0 aliphatic carbocycles. The van der Waals surface area contributed by atoms with Crippen LogP contribution < -0.4 is 10.6 Å². The standard InChI is InChI=1S/C15H11N5O2S/c16-9-10-5-4-8-12(13(10)21)18-15-14(19-23(22)20-15)17-11-6-2-1-3-7-11/h1-8,21H,(H,17,19)(H,18,20). The lowest BCUT2D eigenvalue weighted by Crippen LogP contribution is -1.97. The molecule has 0 amide bonds. The van der Waals surface area contributed by atoms with Crippen LogP contribution in [0.25, 0.3) is 0 Å². The molecule has 0 bridgehead atoms. The minimum atomic E-state index is -1.74. The summed E-state index contributed by atoms with van der Waals surface area (Å²) >= 11 is -1.74. The van der Waals surface area contributed by atoms with Crippen molar-refractivity contribution in [3.63, 3.8) is 0 Å². The molecule has 7 nitrogen and oxygen atoms in total. The molecule has 0 spiro atoms. The van der Waals surface area contributed by atoms with Gasteiger partial charge in [0.05, 0.1) is 11.3 Å². The minimum Gasteiger partial charge on any atom is -0.546 e. The van der Waals surface area contributed by atoms with E-state index in [2.05, 4.69) is 19.4 Å². The number of phenols is 1. The number of aromatic nitrogens is 2. The van der Waals surface area contributed by atoms with Crippen LogP contribution in [0.4, 0.5) is 23.0 Å². The van der Waals surface area contributed by atoms with Crippen LogP contribution in [0.5, 0.6) is 5.75 Å². The van der Waals surface area contributed by atoms with Crippen LogP contribution in [0.3, 0.4) is 0 Å². The number of para-hydroxylation sites is 2. The third kappa shape index (κ3) is 3.21. The highest BCUT2D eigenvalue weighted by atomic mass is 32.2. The fourth-order valence-electron chi connectivity index (χ4n) is 1.95. The van der Waals surface area contributed by atoms with Gasteiger partial charge in [-0.3, -0.25) is 0 Å². The number of nitriles is 1. The Labute approximate surface area is 135 Å². The summed E-state index contributed by atoms with van der Waals surface area (Å²) in [4.78, 5) is 0. The van der Waals surface area contributed by atoms with E-state index >= 15 is 0 Å². The number of anilines is 4. The van der Waals surface area contributed by atoms with Crippen LogP contribution in [0.1, 0.15) is 5.56 Å². The summed E-state index contributed by atoms with van der Waals surface area (Å²) in [5.74, 6) is 0.309. The van der Waals surface area contributed by atoms with Gasteiger partial charge in [0.2, 0.25) is 11.6 Å². The Morgan fingerprint density at radius 2 is 1.70 bits per heavy atom. The van der Waals surface area contributed by atoms with Gasteiger partial charge in [-0.15, -0.1) is 0 Å². The zero-order valence-corrected chi connectivity index (χ0v) is 12.5. The number of benzene rings is 2. The summed E-state index contributed by atoms with van der Waals surface area (Å²) < 4.78 is 19.4. The second kappa shape index (κ2) is 6.31. The Bertz CT molecular complexity index is 873. The van der Waals surface area contributed by atoms with E-state index in [1.807, 2.05) is 36.4 Å². The van der Waals surface area contributed by atoms with Gasteiger partial charge in [-0.2, -0.15) is 5.26 Å². The first kappa shape index (κ1) is 14.8. The quantitative estimate of drug-likeness (QED) is 0.498. The minimum absolute atomic E-state index is 0.129. The van der Waals surface area contributed by atoms with Crippen LogP contribution in [0.15, 0.2) is 48.5 Å². The Morgan fingerprint density at radius 1 is 1.00 bits per heavy atom. The molecule has 3 N–H and O–H groups in total. The largest absolute Gasteiger partial charge is 0.546 e. The summed E-state index contributed by atoms with van der Waals surface area (Å²) in [7, 11) is 0. The highest BCUT2D eigenvalue weighted by Crippen LogP contribution is 2.33. The molecule has 23 heavy (non-hydrogen) atoms. The molecule has 0 aliphatic heterocycles. The Morgan fingerprint density at radius 3 is 2.39 bits per heavy atom. The molecular formula is C15H11N5O2S. The molecule has 1 atom stereocenters. The zero-order valence-electron chi connectivity index (χ0n) is 11.7. The monoisotopic (exact) mass is 325 g/mol. The average Bonchev–Trinajstić information content (AvgIpc) is 2.90. The van der Waals surface area contributed by atoms with Gasteiger partial charge < -0.3 is 20.3 Å². The Hall–Kier alpha value is -3.15. The predicted octanol–water partition coefficient (Wildman–Crippen LogP) is 3.27. The lowest BCUT2D eigenvalue weighted by atomic mass is 10.2. The fraction of sp³-hybridized carbons (Fsp3) is 0. The fourth-order valence-corrected chi connectivity index (χ4v) is 2.56. The molecule has 1 aromatic heterocycles. The van der Waals surface area contributed by atoms with Gasteiger partial charge in [0.25, 0.3) is 0 Å². The molecule has 0 saturated heterocycles. The van der Waals surface area contributed by atoms with Gasteiger partial charge in [-0.1, -0.05) is 24.3 Å². The molecule has 2 aromatic carbocycles. The Balaban J connectivity index is 1.91. The van der Waals surface area contributed by atoms with Gasteiger partial charge in [0.1, 0.15) is 6.07 Å². The molecule has 3 aromatic rings. The third-order valence-corrected chi connectivity index (χ3v) is 3.69. The van der Waals surface area contributed by atoms with E-state index < -0.39 is 11.1 Å². The first-order chi connectivity index (χ1) is 11.2. The summed E-state index contributed by atoms with van der Waals surface area (Å²) in [6.07, 6.45) is 0. The van der Waals surface area contributed by atoms with E-state index in [1.54, 1.807) is 12.1 Å². The lowest BCUT2D eigenvalue weighted by Gasteiger charge is -2.07. The summed E-state index contributed by atoms with van der Waals surface area (Å²) in [6, 6.07) is 15.8. The van der Waals surface area contributed by atoms with Crippen molar-refractivity contribution in [1.29, 1.82) is 5.26 Å². The molecule has 0 aliphatic rings. The summed E-state index contributed by atoms with van der Waals surface area (Å²) in [5.41, 5.74) is 1.17. The smallest absolute Gasteiger partial charge is 0.237 e. The number of aromatic hydroxyl groups is 1. The maximum Gasteiger partial charge on any atom is 0.237 e. The van der Waals surface area contributed by atoms with Crippen LogP contribution in [-0.2, 0) is 0 Å². The second-order valence-corrected chi connectivity index (χ2v) is 5.37. The first-order valence-electron chi connectivity index (χ1n) is 6.58. The van der Waals surface area contributed by atoms with Gasteiger partial charge in [0.15, 0.2) is 16.9 Å². The lowest BCUT2D eigenvalue weighted by molar-refractivity contribution is 0.476. The number of phenolic OH excluding ortho intramolecular Hbond substituents is 1. The molecule has 114 valence electrons. The highest BCUT2D eigenvalue weighted by molar-refractivity contribution is 7.14. The number of nitrogens with zero attached hydrogens (tertiary/aromatic N) is 3. The molecule has 3 rings (SSSR count). The van der Waals surface area contributed by atoms with Crippen molar-refractivity contribution in [3.05, 3.63) is 54.1 Å². The second-order valence-electron chi connectivity index (χ2n) is 4.54. The van der Waals surface area contributed by atoms with Crippen molar-refractivity contribution >= 4 is 34.2 Å². The van der Waals surface area contributed by atoms with Crippen LogP contribution in [-0.4, -0.2) is 18.4 Å². The SMILES string of the molecule is N#Cc1cccc(Nc2n[s+]([O-])nc2Nc2ccccc2)c1O. The molecule has 1 unspecified atom stereocenters. The van der Waals surface area contributed by atoms with Gasteiger partial charge >= 0.3 is 0 Å². The molecule has 8 heteroatoms. The van der Waals surface area contributed by atoms with Crippen LogP contribution >= 0.6 is 11.1 Å². The van der Waals surface area contributed by atoms with Crippen molar-refractivity contribution in [3.8, 4) is 11.8 Å². The Kier molecular flexibility index (Phi) is 4.05. The number of hydrogen-bond donors (Lipinski definition) is 3. The predicted molar refractivity (Wildman–Crippen MR) is 86.5 cm³/mol. The van der Waals surface area contributed by atoms with Crippen molar-refractivity contribution in [2.75, 3.05) is 10.6 Å². The average molecular weight is 325 g/mol. The summed E-state index contributed by atoms with van der Waals surface area (Å²) in [6.45, 7) is 0. The van der Waals surface area contributed by atoms with Crippen molar-refractivity contribution in [1.82, 2.24) is 8.75 Å². The van der Waals surface area contributed by atoms with Crippen molar-refractivity contribution in [2.45, 2.75) is 0 Å². The molecule has 0 fully saturated rings. The number of nitrogens with one attached hydrogen (secondary N) is 2. The van der Waals surface area contributed by atoms with Crippen molar-refractivity contribution in [2.24, 2.45) is 0 Å². The molecule has 0 saturated carbocycles. The van der Waals surface area contributed by atoms with E-state index in [0.29, 0.717) is 0 Å². The van der Waals surface area contributed by atoms with E-state index in [1.165, 1.54) is 6.07 Å². The molecular weight excluding hydrogens is 314 g/mol. The normalized spacial score (nSPS) is 10.9. The maximum absolute atomic E-state index is 11.6. The molecule has 0 radical (unpaired) electrons. The third-order valence-electron chi connectivity index (χ3n) is 3.01. The van der Waals surface area contributed by atoms with E-state index in [-0.39, 0.29) is 28.6 Å². The van der Waals surface area contributed by atoms with E-state index in [9.17, 15) is 9.66 Å². The van der Waals surface area contributed by atoms with Crippen LogP contribution in [0, 0.1) is 11.3 Å². The van der Waals surface area contributed by atoms with E-state index in [4.69, 9.17) is 5.26 Å². The summed E-state index contributed by atoms with van der Waals surface area (Å²) in [5, 5.41) is 24.8. The van der Waals surface area contributed by atoms with E-state index in [0.717, 1.165) is 5.69 Å². The number of rotatable bonds is 4. The topological polar surface area (TPSA) is 117 Å². The zero-order chi connectivity index (χ0) is 16.2. The highest BCUT2D eigenvalue weighted by Gasteiger charge is 2.18. The van der Waals surface area contributed by atoms with Crippen molar-refractivity contribution < 1.29 is 9.66 Å². The van der Waals surface area contributed by atoms with Gasteiger partial charge in [-0.05, 0) is 24.3 Å². The van der Waals surface area contributed by atoms with Crippen LogP contribution in [0.2, 0.25) is 0 Å². The van der Waals surface area contributed by atoms with Gasteiger partial charge in [-0.25, -0.2) is 0 Å². The molecule has 1 heterocycles. The van der Waals surface area contributed by atoms with Gasteiger partial charge in [0, 0.05) is 14.4 Å². The number of hydrogen-bond acceptors (Lipinski definition) is 7. The maximum atomic E-state index is 11.6.